The third-order valence-corrected chi connectivity index (χ3v) is 3.78. The number of carboxylic acid groups (broad SMARTS) is 1. The Morgan fingerprint density at radius 2 is 1.95 bits per heavy atom. The fourth-order valence-corrected chi connectivity index (χ4v) is 2.70. The van der Waals surface area contributed by atoms with Crippen molar-refractivity contribution in [1.29, 1.82) is 0 Å². The third kappa shape index (κ3) is 3.35. The third-order valence-electron chi connectivity index (χ3n) is 3.78. The summed E-state index contributed by atoms with van der Waals surface area (Å²) in [6.45, 7) is 6.72. The quantitative estimate of drug-likeness (QED) is 0.879. The molecule has 0 bridgehead atoms. The number of aliphatic carboxylic acids is 1. The molecular formula is C16H22N2O3. The molecule has 2 rings (SSSR count). The molecule has 21 heavy (non-hydrogen) atoms. The van der Waals surface area contributed by atoms with Crippen LogP contribution in [-0.4, -0.2) is 34.6 Å². The number of carbonyl (C=O) groups excluding carboxylic acids is 1. The highest BCUT2D eigenvalue weighted by Crippen LogP contribution is 2.30. The van der Waals surface area contributed by atoms with Crippen molar-refractivity contribution in [3.63, 3.8) is 0 Å². The van der Waals surface area contributed by atoms with Crippen LogP contribution in [0, 0.1) is 0 Å². The number of carbonyl (C=O) groups is 2. The first-order valence-electron chi connectivity index (χ1n) is 7.20. The van der Waals surface area contributed by atoms with E-state index in [9.17, 15) is 9.59 Å². The minimum absolute atomic E-state index is 0.0961. The van der Waals surface area contributed by atoms with Crippen LogP contribution in [0.2, 0.25) is 0 Å². The topological polar surface area (TPSA) is 69.6 Å². The van der Waals surface area contributed by atoms with Crippen LogP contribution in [0.5, 0.6) is 0 Å². The van der Waals surface area contributed by atoms with Crippen LogP contribution >= 0.6 is 0 Å². The molecule has 0 spiro atoms. The van der Waals surface area contributed by atoms with Gasteiger partial charge in [-0.25, -0.2) is 9.59 Å². The second kappa shape index (κ2) is 5.76. The number of nitrogens with one attached hydrogen (secondary N) is 1. The number of hydrogen-bond acceptors (Lipinski definition) is 2. The molecule has 1 aliphatic heterocycles. The molecule has 0 aromatic heterocycles. The molecule has 0 radical (unpaired) electrons. The Balaban J connectivity index is 2.19. The van der Waals surface area contributed by atoms with Gasteiger partial charge in [0, 0.05) is 12.2 Å². The lowest BCUT2D eigenvalue weighted by molar-refractivity contribution is -0.141. The Hall–Kier alpha value is -2.04. The number of para-hydroxylation sites is 1. The van der Waals surface area contributed by atoms with E-state index >= 15 is 0 Å². The highest BCUT2D eigenvalue weighted by atomic mass is 16.4. The molecule has 1 fully saturated rings. The molecule has 1 aliphatic rings. The lowest BCUT2D eigenvalue weighted by atomic mass is 9.86. The van der Waals surface area contributed by atoms with Crippen molar-refractivity contribution in [1.82, 2.24) is 4.90 Å². The zero-order valence-corrected chi connectivity index (χ0v) is 12.7. The molecule has 1 saturated heterocycles. The van der Waals surface area contributed by atoms with Crippen LogP contribution < -0.4 is 5.32 Å². The fraction of sp³-hybridized carbons (Fsp3) is 0.500. The predicted octanol–water partition coefficient (Wildman–Crippen LogP) is 3.07. The van der Waals surface area contributed by atoms with Crippen molar-refractivity contribution < 1.29 is 14.7 Å². The van der Waals surface area contributed by atoms with Crippen LogP contribution in [-0.2, 0) is 10.2 Å². The summed E-state index contributed by atoms with van der Waals surface area (Å²) in [6.07, 6.45) is 1.25. The molecule has 5 heteroatoms. The molecule has 114 valence electrons. The summed E-state index contributed by atoms with van der Waals surface area (Å²) in [5, 5.41) is 12.0. The van der Waals surface area contributed by atoms with Crippen LogP contribution in [0.15, 0.2) is 24.3 Å². The molecule has 2 amide bonds. The molecule has 0 saturated carbocycles. The van der Waals surface area contributed by atoms with Gasteiger partial charge in [0.1, 0.15) is 6.04 Å². The number of urea groups is 1. The summed E-state index contributed by atoms with van der Waals surface area (Å²) >= 11 is 0. The monoisotopic (exact) mass is 290 g/mol. The maximum absolute atomic E-state index is 12.4. The lowest BCUT2D eigenvalue weighted by Gasteiger charge is -2.26. The van der Waals surface area contributed by atoms with E-state index in [0.29, 0.717) is 13.0 Å². The second-order valence-electron chi connectivity index (χ2n) is 6.42. The zero-order valence-electron chi connectivity index (χ0n) is 12.7. The van der Waals surface area contributed by atoms with Crippen LogP contribution in [0.4, 0.5) is 10.5 Å². The van der Waals surface area contributed by atoms with Crippen molar-refractivity contribution in [2.75, 3.05) is 11.9 Å². The average molecular weight is 290 g/mol. The van der Waals surface area contributed by atoms with Crippen molar-refractivity contribution in [3.05, 3.63) is 29.8 Å². The van der Waals surface area contributed by atoms with Gasteiger partial charge < -0.3 is 15.3 Å². The number of hydrogen-bond donors (Lipinski definition) is 2. The molecule has 1 unspecified atom stereocenters. The van der Waals surface area contributed by atoms with Crippen LogP contribution in [0.3, 0.4) is 0 Å². The average Bonchev–Trinajstić information content (AvgIpc) is 2.87. The molecule has 1 atom stereocenters. The van der Waals surface area contributed by atoms with Gasteiger partial charge in [0.25, 0.3) is 0 Å². The van der Waals surface area contributed by atoms with Gasteiger partial charge in [0.2, 0.25) is 0 Å². The Labute approximate surface area is 125 Å². The smallest absolute Gasteiger partial charge is 0.326 e. The molecule has 1 aromatic carbocycles. The van der Waals surface area contributed by atoms with E-state index in [1.807, 2.05) is 24.3 Å². The first-order valence-corrected chi connectivity index (χ1v) is 7.20. The number of benzene rings is 1. The van der Waals surface area contributed by atoms with Crippen molar-refractivity contribution in [3.8, 4) is 0 Å². The number of carboxylic acids is 1. The molecule has 5 nitrogen and oxygen atoms in total. The molecule has 1 heterocycles. The standard InChI is InChI=1S/C16H22N2O3/c1-16(2,3)11-7-4-5-8-12(11)17-15(21)18-10-6-9-13(18)14(19)20/h4-5,7-8,13H,6,9-10H2,1-3H3,(H,17,21)(H,19,20). The van der Waals surface area contributed by atoms with Gasteiger partial charge in [-0.15, -0.1) is 0 Å². The van der Waals surface area contributed by atoms with Crippen molar-refractivity contribution in [2.24, 2.45) is 0 Å². The molecular weight excluding hydrogens is 268 g/mol. The second-order valence-corrected chi connectivity index (χ2v) is 6.42. The zero-order chi connectivity index (χ0) is 15.6. The van der Waals surface area contributed by atoms with E-state index in [-0.39, 0.29) is 11.4 Å². The van der Waals surface area contributed by atoms with Crippen molar-refractivity contribution >= 4 is 17.7 Å². The number of amides is 2. The maximum atomic E-state index is 12.4. The summed E-state index contributed by atoms with van der Waals surface area (Å²) < 4.78 is 0. The SMILES string of the molecule is CC(C)(C)c1ccccc1NC(=O)N1CCCC1C(=O)O. The van der Waals surface area contributed by atoms with Crippen LogP contribution in [0.25, 0.3) is 0 Å². The van der Waals surface area contributed by atoms with E-state index in [1.165, 1.54) is 4.90 Å². The number of nitrogens with zero attached hydrogens (tertiary/aromatic N) is 1. The minimum atomic E-state index is -0.938. The number of likely N-dealkylation sites (tertiary alicyclic amines) is 1. The minimum Gasteiger partial charge on any atom is -0.480 e. The van der Waals surface area contributed by atoms with E-state index in [2.05, 4.69) is 26.1 Å². The lowest BCUT2D eigenvalue weighted by Crippen LogP contribution is -2.43. The van der Waals surface area contributed by atoms with Gasteiger partial charge in [0.15, 0.2) is 0 Å². The number of rotatable bonds is 2. The first kappa shape index (κ1) is 15.4. The van der Waals surface area contributed by atoms with Gasteiger partial charge in [0.05, 0.1) is 0 Å². The van der Waals surface area contributed by atoms with Gasteiger partial charge in [-0.2, -0.15) is 0 Å². The molecule has 0 aliphatic carbocycles. The summed E-state index contributed by atoms with van der Waals surface area (Å²) in [4.78, 5) is 24.9. The summed E-state index contributed by atoms with van der Waals surface area (Å²) in [7, 11) is 0. The first-order chi connectivity index (χ1) is 9.80. The Morgan fingerprint density at radius 1 is 1.29 bits per heavy atom. The summed E-state index contributed by atoms with van der Waals surface area (Å²) in [5.41, 5.74) is 1.68. The highest BCUT2D eigenvalue weighted by Gasteiger charge is 2.34. The van der Waals surface area contributed by atoms with Gasteiger partial charge >= 0.3 is 12.0 Å². The van der Waals surface area contributed by atoms with Crippen LogP contribution in [0.1, 0.15) is 39.2 Å². The maximum Gasteiger partial charge on any atom is 0.326 e. The van der Waals surface area contributed by atoms with Gasteiger partial charge in [-0.3, -0.25) is 0 Å². The number of anilines is 1. The Morgan fingerprint density at radius 3 is 2.57 bits per heavy atom. The fourth-order valence-electron chi connectivity index (χ4n) is 2.70. The predicted molar refractivity (Wildman–Crippen MR) is 81.5 cm³/mol. The Bertz CT molecular complexity index is 549. The highest BCUT2D eigenvalue weighted by molar-refractivity contribution is 5.93. The molecule has 1 aromatic rings. The Kier molecular flexibility index (Phi) is 4.21. The van der Waals surface area contributed by atoms with E-state index in [1.54, 1.807) is 0 Å². The van der Waals surface area contributed by atoms with E-state index in [4.69, 9.17) is 5.11 Å². The van der Waals surface area contributed by atoms with Gasteiger partial charge in [-0.05, 0) is 29.9 Å². The summed E-state index contributed by atoms with van der Waals surface area (Å²) in [5.74, 6) is -0.938. The van der Waals surface area contributed by atoms with Gasteiger partial charge in [-0.1, -0.05) is 39.0 Å². The normalized spacial score (nSPS) is 18.6. The van der Waals surface area contributed by atoms with Crippen molar-refractivity contribution in [2.45, 2.75) is 45.1 Å². The van der Waals surface area contributed by atoms with E-state index in [0.717, 1.165) is 17.7 Å². The summed E-state index contributed by atoms with van der Waals surface area (Å²) in [6, 6.07) is 6.58. The van der Waals surface area contributed by atoms with E-state index < -0.39 is 12.0 Å². The molecule has 2 N–H and O–H groups in total. The largest absolute Gasteiger partial charge is 0.480 e.